The molecule has 0 aliphatic carbocycles. The Morgan fingerprint density at radius 1 is 1.44 bits per heavy atom. The lowest BCUT2D eigenvalue weighted by Crippen LogP contribution is -2.24. The van der Waals surface area contributed by atoms with Gasteiger partial charge in [-0.2, -0.15) is 0 Å². The van der Waals surface area contributed by atoms with Crippen molar-refractivity contribution in [3.05, 3.63) is 45.4 Å². The molecule has 0 radical (unpaired) electrons. The molecule has 1 aromatic rings. The van der Waals surface area contributed by atoms with Crippen LogP contribution in [0.1, 0.15) is 29.8 Å². The van der Waals surface area contributed by atoms with Gasteiger partial charge in [-0.15, -0.1) is 0 Å². The Morgan fingerprint density at radius 3 is 2.75 bits per heavy atom. The molecule has 0 saturated heterocycles. The summed E-state index contributed by atoms with van der Waals surface area (Å²) in [6, 6.07) is 5.70. The molecular formula is C13H16BrNO. The van der Waals surface area contributed by atoms with Gasteiger partial charge in [0, 0.05) is 16.6 Å². The van der Waals surface area contributed by atoms with Gasteiger partial charge >= 0.3 is 0 Å². The Balaban J connectivity index is 2.73. The smallest absolute Gasteiger partial charge is 0.251 e. The first-order valence-electron chi connectivity index (χ1n) is 5.18. The van der Waals surface area contributed by atoms with E-state index in [1.807, 2.05) is 45.0 Å². The molecule has 86 valence electrons. The molecule has 16 heavy (non-hydrogen) atoms. The lowest BCUT2D eigenvalue weighted by Gasteiger charge is -2.06. The number of allylic oxidation sites excluding steroid dienone is 1. The van der Waals surface area contributed by atoms with Crippen LogP contribution in [-0.4, -0.2) is 12.5 Å². The molecule has 0 atom stereocenters. The molecule has 0 aliphatic rings. The maximum Gasteiger partial charge on any atom is 0.251 e. The van der Waals surface area contributed by atoms with Crippen molar-refractivity contribution in [3.8, 4) is 0 Å². The second-order valence-corrected chi connectivity index (χ2v) is 4.87. The third-order valence-electron chi connectivity index (χ3n) is 2.22. The summed E-state index contributed by atoms with van der Waals surface area (Å²) in [4.78, 5) is 11.8. The average molecular weight is 282 g/mol. The monoisotopic (exact) mass is 281 g/mol. The Morgan fingerprint density at radius 2 is 2.12 bits per heavy atom. The highest BCUT2D eigenvalue weighted by molar-refractivity contribution is 9.10. The molecular weight excluding hydrogens is 266 g/mol. The highest BCUT2D eigenvalue weighted by atomic mass is 79.9. The minimum Gasteiger partial charge on any atom is -0.349 e. The highest BCUT2D eigenvalue weighted by Crippen LogP contribution is 2.15. The summed E-state index contributed by atoms with van der Waals surface area (Å²) in [6.07, 6.45) is 1.99. The van der Waals surface area contributed by atoms with E-state index in [1.165, 1.54) is 5.57 Å². The van der Waals surface area contributed by atoms with Crippen LogP contribution < -0.4 is 5.32 Å². The first-order chi connectivity index (χ1) is 7.50. The minimum absolute atomic E-state index is 0.0312. The third-order valence-corrected chi connectivity index (χ3v) is 2.71. The van der Waals surface area contributed by atoms with E-state index in [0.29, 0.717) is 6.54 Å². The first kappa shape index (κ1) is 13.0. The van der Waals surface area contributed by atoms with Crippen LogP contribution in [0.15, 0.2) is 34.3 Å². The van der Waals surface area contributed by atoms with Crippen molar-refractivity contribution in [1.82, 2.24) is 5.32 Å². The molecule has 0 heterocycles. The van der Waals surface area contributed by atoms with E-state index >= 15 is 0 Å². The number of halogens is 1. The van der Waals surface area contributed by atoms with Gasteiger partial charge in [0.05, 0.1) is 0 Å². The molecule has 0 bridgehead atoms. The Labute approximate surface area is 105 Å². The van der Waals surface area contributed by atoms with Gasteiger partial charge in [0.15, 0.2) is 0 Å². The van der Waals surface area contributed by atoms with Crippen LogP contribution in [0.3, 0.4) is 0 Å². The van der Waals surface area contributed by atoms with Crippen molar-refractivity contribution in [2.45, 2.75) is 20.8 Å². The number of aryl methyl sites for hydroxylation is 1. The second kappa shape index (κ2) is 5.85. The number of hydrogen-bond acceptors (Lipinski definition) is 1. The summed E-state index contributed by atoms with van der Waals surface area (Å²) in [5.41, 5.74) is 2.90. The molecule has 1 amide bonds. The molecule has 1 N–H and O–H groups in total. The number of hydrogen-bond donors (Lipinski definition) is 1. The summed E-state index contributed by atoms with van der Waals surface area (Å²) in [5.74, 6) is -0.0312. The molecule has 2 nitrogen and oxygen atoms in total. The molecule has 0 fully saturated rings. The predicted octanol–water partition coefficient (Wildman–Crippen LogP) is 3.45. The van der Waals surface area contributed by atoms with E-state index in [1.54, 1.807) is 0 Å². The van der Waals surface area contributed by atoms with Gasteiger partial charge in [-0.1, -0.05) is 33.6 Å². The normalized spacial score (nSPS) is 9.75. The van der Waals surface area contributed by atoms with E-state index in [2.05, 4.69) is 21.2 Å². The summed E-state index contributed by atoms with van der Waals surface area (Å²) >= 11 is 3.36. The number of nitrogens with one attached hydrogen (secondary N) is 1. The lowest BCUT2D eigenvalue weighted by atomic mass is 10.1. The maximum atomic E-state index is 11.8. The van der Waals surface area contributed by atoms with E-state index in [0.717, 1.165) is 15.6 Å². The van der Waals surface area contributed by atoms with Gasteiger partial charge in [-0.05, 0) is 38.5 Å². The molecule has 0 aromatic heterocycles. The van der Waals surface area contributed by atoms with Gasteiger partial charge in [-0.3, -0.25) is 4.79 Å². The molecule has 0 unspecified atom stereocenters. The van der Waals surface area contributed by atoms with Crippen LogP contribution in [0.2, 0.25) is 0 Å². The number of benzene rings is 1. The summed E-state index contributed by atoms with van der Waals surface area (Å²) in [5, 5.41) is 2.86. The van der Waals surface area contributed by atoms with E-state index in [4.69, 9.17) is 0 Å². The fraction of sp³-hybridized carbons (Fsp3) is 0.308. The van der Waals surface area contributed by atoms with Crippen molar-refractivity contribution in [3.63, 3.8) is 0 Å². The number of amides is 1. The van der Waals surface area contributed by atoms with Crippen LogP contribution in [0.5, 0.6) is 0 Å². The first-order valence-corrected chi connectivity index (χ1v) is 5.97. The van der Waals surface area contributed by atoms with Gasteiger partial charge in [-0.25, -0.2) is 0 Å². The van der Waals surface area contributed by atoms with Crippen molar-refractivity contribution in [2.24, 2.45) is 0 Å². The largest absolute Gasteiger partial charge is 0.349 e. The summed E-state index contributed by atoms with van der Waals surface area (Å²) in [7, 11) is 0. The molecule has 0 aliphatic heterocycles. The summed E-state index contributed by atoms with van der Waals surface area (Å²) in [6.45, 7) is 6.53. The highest BCUT2D eigenvalue weighted by Gasteiger charge is 2.07. The molecule has 1 aromatic carbocycles. The molecule has 3 heteroatoms. The molecule has 1 rings (SSSR count). The van der Waals surface area contributed by atoms with Crippen molar-refractivity contribution < 1.29 is 4.79 Å². The fourth-order valence-corrected chi connectivity index (χ4v) is 1.64. The van der Waals surface area contributed by atoms with Gasteiger partial charge in [0.25, 0.3) is 5.91 Å². The van der Waals surface area contributed by atoms with Crippen LogP contribution >= 0.6 is 15.9 Å². The minimum atomic E-state index is -0.0312. The number of rotatable bonds is 3. The standard InChI is InChI=1S/C13H16BrNO/c1-9(2)6-7-15-13(16)12-8-11(14)5-4-10(12)3/h4-6,8H,7H2,1-3H3,(H,15,16). The zero-order chi connectivity index (χ0) is 12.1. The SMILES string of the molecule is CC(C)=CCNC(=O)c1cc(Br)ccc1C. The van der Waals surface area contributed by atoms with Crippen molar-refractivity contribution in [1.29, 1.82) is 0 Å². The van der Waals surface area contributed by atoms with Crippen LogP contribution in [0, 0.1) is 6.92 Å². The zero-order valence-corrected chi connectivity index (χ0v) is 11.4. The van der Waals surface area contributed by atoms with E-state index in [-0.39, 0.29) is 5.91 Å². The Hall–Kier alpha value is -1.09. The van der Waals surface area contributed by atoms with Gasteiger partial charge in [0.2, 0.25) is 0 Å². The summed E-state index contributed by atoms with van der Waals surface area (Å²) < 4.78 is 0.922. The third kappa shape index (κ3) is 3.81. The van der Waals surface area contributed by atoms with Crippen molar-refractivity contribution in [2.75, 3.05) is 6.54 Å². The van der Waals surface area contributed by atoms with Crippen LogP contribution in [0.25, 0.3) is 0 Å². The lowest BCUT2D eigenvalue weighted by molar-refractivity contribution is 0.0957. The second-order valence-electron chi connectivity index (χ2n) is 3.95. The number of carbonyl (C=O) groups is 1. The van der Waals surface area contributed by atoms with Crippen LogP contribution in [-0.2, 0) is 0 Å². The maximum absolute atomic E-state index is 11.8. The van der Waals surface area contributed by atoms with Crippen molar-refractivity contribution >= 4 is 21.8 Å². The van der Waals surface area contributed by atoms with Gasteiger partial charge in [0.1, 0.15) is 0 Å². The predicted molar refractivity (Wildman–Crippen MR) is 70.6 cm³/mol. The van der Waals surface area contributed by atoms with Crippen LogP contribution in [0.4, 0.5) is 0 Å². The fourth-order valence-electron chi connectivity index (χ4n) is 1.28. The van der Waals surface area contributed by atoms with Gasteiger partial charge < -0.3 is 5.32 Å². The number of carbonyl (C=O) groups excluding carboxylic acids is 1. The topological polar surface area (TPSA) is 29.1 Å². The van der Waals surface area contributed by atoms with E-state index in [9.17, 15) is 4.79 Å². The Kier molecular flexibility index (Phi) is 4.74. The zero-order valence-electron chi connectivity index (χ0n) is 9.80. The molecule has 0 spiro atoms. The quantitative estimate of drug-likeness (QED) is 0.845. The van der Waals surface area contributed by atoms with E-state index < -0.39 is 0 Å². The average Bonchev–Trinajstić information content (AvgIpc) is 2.21. The molecule has 0 saturated carbocycles. The Bertz CT molecular complexity index is 420.